The zero-order chi connectivity index (χ0) is 36.8. The van der Waals surface area contributed by atoms with Crippen molar-refractivity contribution < 1.29 is 23.8 Å². The Hall–Kier alpha value is -4.52. The van der Waals surface area contributed by atoms with Gasteiger partial charge in [0.05, 0.1) is 39.8 Å². The molecule has 2 fully saturated rings. The van der Waals surface area contributed by atoms with Gasteiger partial charge in [-0.15, -0.1) is 0 Å². The summed E-state index contributed by atoms with van der Waals surface area (Å²) in [4.78, 5) is 35.7. The first-order valence-corrected chi connectivity index (χ1v) is 18.3. The maximum atomic E-state index is 14.0. The van der Waals surface area contributed by atoms with Gasteiger partial charge in [0.25, 0.3) is 0 Å². The molecule has 7 rings (SSSR count). The minimum Gasteiger partial charge on any atom is -0.444 e. The molecule has 3 aromatic carbocycles. The van der Waals surface area contributed by atoms with Gasteiger partial charge in [0.15, 0.2) is 0 Å². The van der Waals surface area contributed by atoms with Gasteiger partial charge < -0.3 is 29.4 Å². The highest BCUT2D eigenvalue weighted by Gasteiger charge is 2.36. The Bertz CT molecular complexity index is 2030. The Morgan fingerprint density at radius 1 is 0.846 bits per heavy atom. The number of aliphatic hydroxyl groups excluding tert-OH is 1. The lowest BCUT2D eigenvalue weighted by molar-refractivity contribution is -0.243. The molecule has 2 aromatic heterocycles. The van der Waals surface area contributed by atoms with Crippen LogP contribution in [-0.4, -0.2) is 71.6 Å². The number of aromatic amines is 2. The number of hydrogen-bond acceptors (Lipinski definition) is 8. The fourth-order valence-corrected chi connectivity index (χ4v) is 7.32. The molecule has 0 bridgehead atoms. The molecule has 12 heteroatoms. The molecular weight excluding hydrogens is 661 g/mol. The van der Waals surface area contributed by atoms with Crippen molar-refractivity contribution in [2.45, 2.75) is 110 Å². The number of benzene rings is 3. The van der Waals surface area contributed by atoms with Crippen molar-refractivity contribution in [3.8, 4) is 0 Å². The van der Waals surface area contributed by atoms with Crippen LogP contribution >= 0.6 is 0 Å². The summed E-state index contributed by atoms with van der Waals surface area (Å²) in [6.45, 7) is 13.9. The third kappa shape index (κ3) is 8.09. The molecule has 2 aliphatic rings. The molecule has 52 heavy (non-hydrogen) atoms. The van der Waals surface area contributed by atoms with E-state index in [1.807, 2.05) is 58.6 Å². The summed E-state index contributed by atoms with van der Waals surface area (Å²) in [7, 11) is 0. The first-order chi connectivity index (χ1) is 24.7. The first kappa shape index (κ1) is 35.9. The van der Waals surface area contributed by atoms with Crippen LogP contribution in [0.2, 0.25) is 0 Å². The quantitative estimate of drug-likeness (QED) is 0.131. The average molecular weight is 712 g/mol. The first-order valence-electron chi connectivity index (χ1n) is 18.3. The molecule has 1 amide bonds. The van der Waals surface area contributed by atoms with E-state index < -0.39 is 17.6 Å². The molecule has 0 radical (unpaired) electrons. The van der Waals surface area contributed by atoms with Crippen LogP contribution < -0.4 is 4.90 Å². The number of fused-ring (bicyclic) bond motifs is 2. The van der Waals surface area contributed by atoms with Gasteiger partial charge in [-0.3, -0.25) is 4.90 Å². The predicted octanol–water partition coefficient (Wildman–Crippen LogP) is 8.09. The average Bonchev–Trinajstić information content (AvgIpc) is 3.88. The van der Waals surface area contributed by atoms with Gasteiger partial charge in [0.2, 0.25) is 6.41 Å². The lowest BCUT2D eigenvalue weighted by Gasteiger charge is -2.32. The van der Waals surface area contributed by atoms with Crippen LogP contribution in [0.1, 0.15) is 102 Å². The Kier molecular flexibility index (Phi) is 9.75. The van der Waals surface area contributed by atoms with Crippen molar-refractivity contribution >= 4 is 33.8 Å². The van der Waals surface area contributed by atoms with Gasteiger partial charge in [-0.1, -0.05) is 12.1 Å². The Labute approximate surface area is 304 Å². The summed E-state index contributed by atoms with van der Waals surface area (Å²) in [6, 6.07) is 18.7. The van der Waals surface area contributed by atoms with Crippen LogP contribution in [0.4, 0.5) is 14.9 Å². The topological polar surface area (TPSA) is 123 Å². The van der Waals surface area contributed by atoms with Crippen LogP contribution in [0.15, 0.2) is 60.7 Å². The maximum Gasteiger partial charge on any atom is 0.410 e. The van der Waals surface area contributed by atoms with Gasteiger partial charge >= 0.3 is 6.09 Å². The second kappa shape index (κ2) is 14.1. The normalized spacial score (nSPS) is 19.2. The zero-order valence-electron chi connectivity index (χ0n) is 30.9. The minimum absolute atomic E-state index is 0.0733. The molecule has 2 aliphatic heterocycles. The number of nitrogens with one attached hydrogen (secondary N) is 2. The van der Waals surface area contributed by atoms with Crippen molar-refractivity contribution in [2.24, 2.45) is 0 Å². The summed E-state index contributed by atoms with van der Waals surface area (Å²) >= 11 is 0. The number of aliphatic hydroxyl groups is 1. The van der Waals surface area contributed by atoms with Crippen LogP contribution in [0.3, 0.4) is 0 Å². The van der Waals surface area contributed by atoms with E-state index in [2.05, 4.69) is 39.1 Å². The molecule has 276 valence electrons. The van der Waals surface area contributed by atoms with Crippen LogP contribution in [0.25, 0.3) is 22.1 Å². The highest BCUT2D eigenvalue weighted by Crippen LogP contribution is 2.35. The number of carbonyl (C=O) groups excluding carboxylic acids is 1. The number of aromatic nitrogens is 4. The molecule has 3 atom stereocenters. The van der Waals surface area contributed by atoms with Crippen molar-refractivity contribution in [1.29, 1.82) is 0 Å². The van der Waals surface area contributed by atoms with E-state index in [1.165, 1.54) is 12.1 Å². The minimum atomic E-state index is -1.01. The number of ether oxygens (including phenoxy) is 2. The van der Waals surface area contributed by atoms with Crippen molar-refractivity contribution in [2.75, 3.05) is 18.0 Å². The largest absolute Gasteiger partial charge is 0.444 e. The molecule has 11 nitrogen and oxygen atoms in total. The zero-order valence-corrected chi connectivity index (χ0v) is 30.9. The van der Waals surface area contributed by atoms with Crippen LogP contribution in [0.5, 0.6) is 0 Å². The van der Waals surface area contributed by atoms with E-state index in [4.69, 9.17) is 19.4 Å². The number of carbonyl (C=O) groups is 1. The smallest absolute Gasteiger partial charge is 0.410 e. The maximum absolute atomic E-state index is 14.0. The van der Waals surface area contributed by atoms with E-state index >= 15 is 0 Å². The van der Waals surface area contributed by atoms with Crippen molar-refractivity contribution in [1.82, 2.24) is 29.7 Å². The summed E-state index contributed by atoms with van der Waals surface area (Å²) < 4.78 is 25.6. The van der Waals surface area contributed by atoms with Gasteiger partial charge in [-0.05, 0) is 127 Å². The lowest BCUT2D eigenvalue weighted by Crippen LogP contribution is -2.41. The second-order valence-electron chi connectivity index (χ2n) is 16.1. The van der Waals surface area contributed by atoms with E-state index in [0.29, 0.717) is 19.6 Å². The fourth-order valence-electron chi connectivity index (χ4n) is 7.32. The number of anilines is 1. The standard InChI is InChI=1S/C40H50FN7O4/c1-39(2,3)51-37(49)47-19-7-9-33(47)35-42-29-17-11-25(21-31(29)44-35)23-46(28-15-13-27(41)14-16-28)24-26-12-18-30-32(22-26)45-36(43-30)34-10-8-20-48(34)38(50)52-40(4,5)6/h11-18,21-22,33-34,37,49H,7-10,19-20,23-24H2,1-6H3,(H,42,44)(H,43,45). The number of H-pyrrole nitrogens is 2. The van der Waals surface area contributed by atoms with Crippen LogP contribution in [0, 0.1) is 5.82 Å². The van der Waals surface area contributed by atoms with Gasteiger partial charge in [0, 0.05) is 31.9 Å². The molecule has 3 unspecified atom stereocenters. The molecule has 0 saturated carbocycles. The van der Waals surface area contributed by atoms with E-state index in [9.17, 15) is 14.3 Å². The molecule has 3 N–H and O–H groups in total. The molecular formula is C40H50FN7O4. The van der Waals surface area contributed by atoms with Gasteiger partial charge in [-0.2, -0.15) is 0 Å². The van der Waals surface area contributed by atoms with Gasteiger partial charge in [-0.25, -0.2) is 24.1 Å². The lowest BCUT2D eigenvalue weighted by atomic mass is 10.1. The number of imidazole rings is 2. The highest BCUT2D eigenvalue weighted by atomic mass is 19.1. The molecule has 4 heterocycles. The Morgan fingerprint density at radius 2 is 1.40 bits per heavy atom. The highest BCUT2D eigenvalue weighted by molar-refractivity contribution is 5.77. The summed E-state index contributed by atoms with van der Waals surface area (Å²) in [5, 5.41) is 10.9. The van der Waals surface area contributed by atoms with Crippen molar-refractivity contribution in [3.05, 3.63) is 89.3 Å². The number of halogens is 1. The summed E-state index contributed by atoms with van der Waals surface area (Å²) in [5.41, 5.74) is 5.49. The molecule has 2 saturated heterocycles. The fraction of sp³-hybridized carbons (Fsp3) is 0.475. The van der Waals surface area contributed by atoms with E-state index in [-0.39, 0.29) is 24.0 Å². The van der Waals surface area contributed by atoms with E-state index in [0.717, 1.165) is 82.8 Å². The molecule has 0 aliphatic carbocycles. The Morgan fingerprint density at radius 3 is 1.98 bits per heavy atom. The SMILES string of the molecule is CC(C)(C)OC(=O)N1CCCC1c1nc2ccc(CN(Cc3ccc4nc(C5CCCN5C(O)OC(C)(C)C)[nH]c4c3)c3ccc(F)cc3)cc2[nH]1. The second-order valence-corrected chi connectivity index (χ2v) is 16.1. The third-order valence-corrected chi connectivity index (χ3v) is 9.62. The number of amides is 1. The summed E-state index contributed by atoms with van der Waals surface area (Å²) in [5.74, 6) is 1.29. The third-order valence-electron chi connectivity index (χ3n) is 9.62. The van der Waals surface area contributed by atoms with E-state index in [1.54, 1.807) is 17.0 Å². The Balaban J connectivity index is 1.11. The molecule has 5 aromatic rings. The summed E-state index contributed by atoms with van der Waals surface area (Å²) in [6.07, 6.45) is 2.20. The van der Waals surface area contributed by atoms with Crippen LogP contribution in [-0.2, 0) is 22.6 Å². The number of nitrogens with zero attached hydrogens (tertiary/aromatic N) is 5. The van der Waals surface area contributed by atoms with Gasteiger partial charge in [0.1, 0.15) is 23.1 Å². The molecule has 0 spiro atoms. The number of hydrogen-bond donors (Lipinski definition) is 3. The monoisotopic (exact) mass is 711 g/mol. The predicted molar refractivity (Wildman–Crippen MR) is 199 cm³/mol. The number of likely N-dealkylation sites (tertiary alicyclic amines) is 2. The number of rotatable bonds is 9. The van der Waals surface area contributed by atoms with Crippen molar-refractivity contribution in [3.63, 3.8) is 0 Å².